The third-order valence-corrected chi connectivity index (χ3v) is 3.93. The van der Waals surface area contributed by atoms with Gasteiger partial charge in [0.25, 0.3) is 5.69 Å². The van der Waals surface area contributed by atoms with Gasteiger partial charge in [0.05, 0.1) is 16.1 Å². The highest BCUT2D eigenvalue weighted by molar-refractivity contribution is 5.41. The number of aromatic nitrogens is 3. The van der Waals surface area contributed by atoms with Crippen LogP contribution in [0, 0.1) is 10.1 Å². The highest BCUT2D eigenvalue weighted by atomic mass is 16.6. The summed E-state index contributed by atoms with van der Waals surface area (Å²) in [6.45, 7) is 0. The van der Waals surface area contributed by atoms with Gasteiger partial charge in [-0.3, -0.25) is 10.1 Å². The number of H-pyrrole nitrogens is 1. The average molecular weight is 289 g/mol. The molecule has 0 amide bonds. The van der Waals surface area contributed by atoms with Crippen molar-refractivity contribution in [3.63, 3.8) is 0 Å². The van der Waals surface area contributed by atoms with E-state index in [1.165, 1.54) is 28.8 Å². The number of non-ortho nitro benzene ring substituents is 1. The number of nitro groups is 1. The molecule has 2 aromatic rings. The van der Waals surface area contributed by atoms with E-state index in [9.17, 15) is 14.9 Å². The lowest BCUT2D eigenvalue weighted by atomic mass is 9.98. The summed E-state index contributed by atoms with van der Waals surface area (Å²) < 4.78 is 1.40. The van der Waals surface area contributed by atoms with E-state index in [0.29, 0.717) is 11.5 Å². The molecule has 8 heteroatoms. The fraction of sp³-hybridized carbons (Fsp3) is 0.385. The Labute approximate surface area is 119 Å². The van der Waals surface area contributed by atoms with Crippen molar-refractivity contribution < 1.29 is 4.92 Å². The minimum absolute atomic E-state index is 0.0276. The number of rotatable bonds is 3. The summed E-state index contributed by atoms with van der Waals surface area (Å²) in [7, 11) is 0. The standard InChI is InChI=1S/C13H15N5O3/c14-13(7-1-2-8-13)11-15-16-12(19)17(11)9-3-5-10(6-4-9)18(20)21/h3-6H,1-2,7-8,14H2,(H,16,19). The van der Waals surface area contributed by atoms with Gasteiger partial charge in [-0.05, 0) is 25.0 Å². The average Bonchev–Trinajstić information content (AvgIpc) is 3.06. The summed E-state index contributed by atoms with van der Waals surface area (Å²) in [5, 5.41) is 17.2. The van der Waals surface area contributed by atoms with Gasteiger partial charge in [-0.1, -0.05) is 12.8 Å². The van der Waals surface area contributed by atoms with E-state index in [1.54, 1.807) is 0 Å². The molecule has 3 rings (SSSR count). The van der Waals surface area contributed by atoms with Crippen LogP contribution in [0.15, 0.2) is 29.1 Å². The molecule has 21 heavy (non-hydrogen) atoms. The number of hydrogen-bond acceptors (Lipinski definition) is 5. The van der Waals surface area contributed by atoms with E-state index in [2.05, 4.69) is 10.2 Å². The molecule has 1 aromatic heterocycles. The first kappa shape index (κ1) is 13.5. The Balaban J connectivity index is 2.08. The first-order valence-electron chi connectivity index (χ1n) is 6.73. The lowest BCUT2D eigenvalue weighted by Crippen LogP contribution is -2.37. The van der Waals surface area contributed by atoms with Crippen LogP contribution in [0.3, 0.4) is 0 Å². The molecular weight excluding hydrogens is 274 g/mol. The highest BCUT2D eigenvalue weighted by Crippen LogP contribution is 2.35. The van der Waals surface area contributed by atoms with Gasteiger partial charge in [-0.25, -0.2) is 14.5 Å². The molecule has 1 aromatic carbocycles. The maximum atomic E-state index is 12.0. The molecule has 0 unspecified atom stereocenters. The van der Waals surface area contributed by atoms with Crippen LogP contribution < -0.4 is 11.4 Å². The molecule has 0 saturated heterocycles. The molecule has 1 saturated carbocycles. The number of benzene rings is 1. The van der Waals surface area contributed by atoms with Crippen LogP contribution in [-0.4, -0.2) is 19.7 Å². The summed E-state index contributed by atoms with van der Waals surface area (Å²) in [4.78, 5) is 22.2. The Morgan fingerprint density at radius 2 is 1.90 bits per heavy atom. The highest BCUT2D eigenvalue weighted by Gasteiger charge is 2.36. The summed E-state index contributed by atoms with van der Waals surface area (Å²) >= 11 is 0. The Morgan fingerprint density at radius 3 is 2.48 bits per heavy atom. The van der Waals surface area contributed by atoms with Gasteiger partial charge in [-0.2, -0.15) is 5.10 Å². The lowest BCUT2D eigenvalue weighted by molar-refractivity contribution is -0.384. The molecule has 110 valence electrons. The van der Waals surface area contributed by atoms with Crippen LogP contribution >= 0.6 is 0 Å². The number of hydrogen-bond donors (Lipinski definition) is 2. The van der Waals surface area contributed by atoms with Crippen molar-refractivity contribution >= 4 is 5.69 Å². The fourth-order valence-corrected chi connectivity index (χ4v) is 2.82. The number of nitrogens with two attached hydrogens (primary N) is 1. The van der Waals surface area contributed by atoms with Crippen molar-refractivity contribution in [1.29, 1.82) is 0 Å². The monoisotopic (exact) mass is 289 g/mol. The number of aromatic amines is 1. The zero-order valence-electron chi connectivity index (χ0n) is 11.3. The molecule has 1 fully saturated rings. The minimum atomic E-state index is -0.624. The molecule has 1 heterocycles. The SMILES string of the molecule is NC1(c2n[nH]c(=O)n2-c2ccc([N+](=O)[O-])cc2)CCCC1. The van der Waals surface area contributed by atoms with Crippen molar-refractivity contribution in [3.05, 3.63) is 50.7 Å². The summed E-state index contributed by atoms with van der Waals surface area (Å²) in [6, 6.07) is 5.76. The molecular formula is C13H15N5O3. The van der Waals surface area contributed by atoms with E-state index in [1.807, 2.05) is 0 Å². The van der Waals surface area contributed by atoms with E-state index in [4.69, 9.17) is 5.73 Å². The van der Waals surface area contributed by atoms with E-state index in [-0.39, 0.29) is 5.69 Å². The third-order valence-electron chi connectivity index (χ3n) is 3.93. The number of nitrogens with zero attached hydrogens (tertiary/aromatic N) is 3. The first-order chi connectivity index (χ1) is 10.0. The number of nitrogens with one attached hydrogen (secondary N) is 1. The fourth-order valence-electron chi connectivity index (χ4n) is 2.82. The lowest BCUT2D eigenvalue weighted by Gasteiger charge is -2.22. The maximum Gasteiger partial charge on any atom is 0.347 e. The van der Waals surface area contributed by atoms with Crippen molar-refractivity contribution in [1.82, 2.24) is 14.8 Å². The van der Waals surface area contributed by atoms with E-state index in [0.717, 1.165) is 25.7 Å². The minimum Gasteiger partial charge on any atom is -0.319 e. The van der Waals surface area contributed by atoms with Gasteiger partial charge in [0.1, 0.15) is 0 Å². The Bertz CT molecular complexity index is 725. The van der Waals surface area contributed by atoms with Crippen LogP contribution in [0.1, 0.15) is 31.5 Å². The van der Waals surface area contributed by atoms with Gasteiger partial charge < -0.3 is 5.73 Å². The molecule has 0 aliphatic heterocycles. The van der Waals surface area contributed by atoms with Crippen molar-refractivity contribution in [2.75, 3.05) is 0 Å². The normalized spacial score (nSPS) is 17.0. The smallest absolute Gasteiger partial charge is 0.319 e. The third kappa shape index (κ3) is 2.23. The largest absolute Gasteiger partial charge is 0.347 e. The Morgan fingerprint density at radius 1 is 1.29 bits per heavy atom. The molecule has 1 aliphatic rings. The second kappa shape index (κ2) is 4.81. The first-order valence-corrected chi connectivity index (χ1v) is 6.73. The molecule has 3 N–H and O–H groups in total. The molecule has 8 nitrogen and oxygen atoms in total. The van der Waals surface area contributed by atoms with E-state index >= 15 is 0 Å². The van der Waals surface area contributed by atoms with E-state index < -0.39 is 16.2 Å². The van der Waals surface area contributed by atoms with Crippen molar-refractivity contribution in [3.8, 4) is 5.69 Å². The van der Waals surface area contributed by atoms with Crippen LogP contribution in [0.25, 0.3) is 5.69 Å². The summed E-state index contributed by atoms with van der Waals surface area (Å²) in [6.07, 6.45) is 3.53. The van der Waals surface area contributed by atoms with Gasteiger partial charge in [0.15, 0.2) is 5.82 Å². The molecule has 0 bridgehead atoms. The second-order valence-electron chi connectivity index (χ2n) is 5.32. The van der Waals surface area contributed by atoms with Gasteiger partial charge in [-0.15, -0.1) is 0 Å². The van der Waals surface area contributed by atoms with Gasteiger partial charge in [0.2, 0.25) is 0 Å². The molecule has 1 aliphatic carbocycles. The molecule has 0 spiro atoms. The maximum absolute atomic E-state index is 12.0. The van der Waals surface area contributed by atoms with Crippen molar-refractivity contribution in [2.24, 2.45) is 5.73 Å². The van der Waals surface area contributed by atoms with Crippen molar-refractivity contribution in [2.45, 2.75) is 31.2 Å². The zero-order valence-corrected chi connectivity index (χ0v) is 11.3. The van der Waals surface area contributed by atoms with Crippen LogP contribution in [0.4, 0.5) is 5.69 Å². The van der Waals surface area contributed by atoms with Crippen LogP contribution in [0.5, 0.6) is 0 Å². The predicted octanol–water partition coefficient (Wildman–Crippen LogP) is 1.20. The van der Waals surface area contributed by atoms with Gasteiger partial charge >= 0.3 is 5.69 Å². The second-order valence-corrected chi connectivity index (χ2v) is 5.32. The van der Waals surface area contributed by atoms with Gasteiger partial charge in [0, 0.05) is 12.1 Å². The summed E-state index contributed by atoms with van der Waals surface area (Å²) in [5.41, 5.74) is 5.83. The van der Waals surface area contributed by atoms with Crippen LogP contribution in [-0.2, 0) is 5.54 Å². The Kier molecular flexibility index (Phi) is 3.09. The Hall–Kier alpha value is -2.48. The topological polar surface area (TPSA) is 120 Å². The molecule has 0 radical (unpaired) electrons. The van der Waals surface area contributed by atoms with Crippen LogP contribution in [0.2, 0.25) is 0 Å². The zero-order chi connectivity index (χ0) is 15.0. The number of nitro benzene ring substituents is 1. The quantitative estimate of drug-likeness (QED) is 0.649. The summed E-state index contributed by atoms with van der Waals surface area (Å²) in [5.74, 6) is 0.485. The predicted molar refractivity (Wildman–Crippen MR) is 75.2 cm³/mol. The molecule has 0 atom stereocenters.